The van der Waals surface area contributed by atoms with Gasteiger partial charge in [-0.15, -0.1) is 11.6 Å². The van der Waals surface area contributed by atoms with Crippen LogP contribution in [-0.2, 0) is 19.1 Å². The van der Waals surface area contributed by atoms with Gasteiger partial charge in [0.25, 0.3) is 0 Å². The van der Waals surface area contributed by atoms with Crippen LogP contribution in [0.3, 0.4) is 0 Å². The Morgan fingerprint density at radius 1 is 1.00 bits per heavy atom. The van der Waals surface area contributed by atoms with Gasteiger partial charge in [0.15, 0.2) is 0 Å². The third-order valence-corrected chi connectivity index (χ3v) is 2.54. The number of rotatable bonds is 6. The van der Waals surface area contributed by atoms with Crippen LogP contribution in [0, 0.1) is 0 Å². The first-order valence-corrected chi connectivity index (χ1v) is 7.67. The predicted octanol–water partition coefficient (Wildman–Crippen LogP) is 2.81. The molecule has 0 aromatic heterocycles. The average Bonchev–Trinajstić information content (AvgIpc) is 2.29. The molecule has 1 atom stereocenters. The van der Waals surface area contributed by atoms with E-state index in [2.05, 4.69) is 5.32 Å². The molecular formula is C15H26ClNO5. The van der Waals surface area contributed by atoms with Crippen molar-refractivity contribution >= 4 is 29.4 Å². The Morgan fingerprint density at radius 3 is 1.91 bits per heavy atom. The molecule has 0 aliphatic heterocycles. The van der Waals surface area contributed by atoms with Crippen LogP contribution in [0.1, 0.15) is 54.4 Å². The zero-order valence-electron chi connectivity index (χ0n) is 14.1. The minimum Gasteiger partial charge on any atom is -0.458 e. The highest BCUT2D eigenvalue weighted by atomic mass is 35.5. The van der Waals surface area contributed by atoms with E-state index in [4.69, 9.17) is 21.1 Å². The molecule has 1 amide bonds. The number of ether oxygens (including phenoxy) is 2. The molecule has 0 radical (unpaired) electrons. The Morgan fingerprint density at radius 2 is 1.50 bits per heavy atom. The zero-order chi connectivity index (χ0) is 17.6. The van der Waals surface area contributed by atoms with Crippen LogP contribution in [-0.4, -0.2) is 41.0 Å². The van der Waals surface area contributed by atoms with Crippen molar-refractivity contribution < 1.29 is 23.9 Å². The SMILES string of the molecule is CC(C)(C)OC(=O)N[C@@H](CCC(=O)CCl)C(=O)OC(C)(C)C. The van der Waals surface area contributed by atoms with Crippen molar-refractivity contribution in [2.75, 3.05) is 5.88 Å². The second-order valence-corrected chi connectivity index (χ2v) is 7.21. The van der Waals surface area contributed by atoms with Crippen molar-refractivity contribution in [2.45, 2.75) is 71.6 Å². The first-order chi connectivity index (χ1) is 9.84. The number of nitrogens with one attached hydrogen (secondary N) is 1. The van der Waals surface area contributed by atoms with Crippen molar-refractivity contribution in [3.63, 3.8) is 0 Å². The molecule has 22 heavy (non-hydrogen) atoms. The standard InChI is InChI=1S/C15H26ClNO5/c1-14(2,3)21-12(19)11(8-7-10(18)9-16)17-13(20)22-15(4,5)6/h11H,7-9H2,1-6H3,(H,17,20)/t11-/m0/s1. The average molecular weight is 336 g/mol. The minimum absolute atomic E-state index is 0.0726. The number of carbonyl (C=O) groups is 3. The molecule has 0 bridgehead atoms. The number of esters is 1. The molecule has 0 unspecified atom stereocenters. The third-order valence-electron chi connectivity index (χ3n) is 2.24. The topological polar surface area (TPSA) is 81.7 Å². The van der Waals surface area contributed by atoms with E-state index < -0.39 is 29.3 Å². The third kappa shape index (κ3) is 10.4. The summed E-state index contributed by atoms with van der Waals surface area (Å²) >= 11 is 5.44. The van der Waals surface area contributed by atoms with E-state index in [-0.39, 0.29) is 24.5 Å². The van der Waals surface area contributed by atoms with Crippen LogP contribution in [0.5, 0.6) is 0 Å². The Bertz CT molecular complexity index is 409. The van der Waals surface area contributed by atoms with Crippen molar-refractivity contribution in [1.82, 2.24) is 5.32 Å². The molecule has 7 heteroatoms. The molecule has 6 nitrogen and oxygen atoms in total. The summed E-state index contributed by atoms with van der Waals surface area (Å²) in [6, 6.07) is -0.957. The fraction of sp³-hybridized carbons (Fsp3) is 0.800. The van der Waals surface area contributed by atoms with Gasteiger partial charge < -0.3 is 14.8 Å². The number of halogens is 1. The Labute approximate surface area is 136 Å². The molecule has 1 N–H and O–H groups in total. The van der Waals surface area contributed by atoms with E-state index in [1.54, 1.807) is 41.5 Å². The number of carbonyl (C=O) groups excluding carboxylic acids is 3. The van der Waals surface area contributed by atoms with Crippen molar-refractivity contribution in [3.05, 3.63) is 0 Å². The number of Topliss-reactive ketones (excluding diaryl/α,β-unsaturated/α-hetero) is 1. The fourth-order valence-corrected chi connectivity index (χ4v) is 1.58. The first-order valence-electron chi connectivity index (χ1n) is 7.14. The summed E-state index contributed by atoms with van der Waals surface area (Å²) in [7, 11) is 0. The van der Waals surface area contributed by atoms with Gasteiger partial charge in [-0.2, -0.15) is 0 Å². The lowest BCUT2D eigenvalue weighted by molar-refractivity contribution is -0.157. The summed E-state index contributed by atoms with van der Waals surface area (Å²) < 4.78 is 10.4. The largest absolute Gasteiger partial charge is 0.458 e. The molecule has 0 heterocycles. The maximum atomic E-state index is 12.1. The number of alkyl halides is 1. The van der Waals surface area contributed by atoms with Gasteiger partial charge in [-0.3, -0.25) is 4.79 Å². The smallest absolute Gasteiger partial charge is 0.408 e. The molecule has 0 saturated heterocycles. The number of hydrogen-bond donors (Lipinski definition) is 1. The van der Waals surface area contributed by atoms with Gasteiger partial charge in [0.2, 0.25) is 0 Å². The summed E-state index contributed by atoms with van der Waals surface area (Å²) in [5.74, 6) is -0.949. The van der Waals surface area contributed by atoms with Crippen molar-refractivity contribution in [1.29, 1.82) is 0 Å². The summed E-state index contributed by atoms with van der Waals surface area (Å²) in [6.45, 7) is 10.3. The number of amides is 1. The highest BCUT2D eigenvalue weighted by Crippen LogP contribution is 2.12. The molecular weight excluding hydrogens is 310 g/mol. The zero-order valence-corrected chi connectivity index (χ0v) is 14.9. The predicted molar refractivity (Wildman–Crippen MR) is 84.0 cm³/mol. The van der Waals surface area contributed by atoms with Crippen LogP contribution in [0.15, 0.2) is 0 Å². The van der Waals surface area contributed by atoms with Crippen molar-refractivity contribution in [3.8, 4) is 0 Å². The van der Waals surface area contributed by atoms with E-state index in [0.29, 0.717) is 0 Å². The van der Waals surface area contributed by atoms with Crippen LogP contribution in [0.2, 0.25) is 0 Å². The van der Waals surface area contributed by atoms with Gasteiger partial charge >= 0.3 is 12.1 Å². The molecule has 0 aliphatic rings. The first kappa shape index (κ1) is 20.7. The van der Waals surface area contributed by atoms with Gasteiger partial charge in [0, 0.05) is 6.42 Å². The molecule has 128 valence electrons. The molecule has 0 aliphatic carbocycles. The quantitative estimate of drug-likeness (QED) is 0.596. The minimum atomic E-state index is -0.957. The molecule has 0 spiro atoms. The summed E-state index contributed by atoms with van der Waals surface area (Å²) in [5, 5.41) is 2.44. The monoisotopic (exact) mass is 335 g/mol. The lowest BCUT2D eigenvalue weighted by atomic mass is 10.1. The maximum Gasteiger partial charge on any atom is 0.408 e. The molecule has 0 aromatic carbocycles. The second kappa shape index (κ2) is 8.36. The normalized spacial score (nSPS) is 13.2. The Hall–Kier alpha value is -1.30. The lowest BCUT2D eigenvalue weighted by Gasteiger charge is -2.26. The van der Waals surface area contributed by atoms with E-state index in [0.717, 1.165) is 0 Å². The fourth-order valence-electron chi connectivity index (χ4n) is 1.44. The van der Waals surface area contributed by atoms with Gasteiger partial charge in [-0.1, -0.05) is 0 Å². The lowest BCUT2D eigenvalue weighted by Crippen LogP contribution is -2.46. The van der Waals surface area contributed by atoms with Crippen LogP contribution >= 0.6 is 11.6 Å². The van der Waals surface area contributed by atoms with E-state index in [9.17, 15) is 14.4 Å². The van der Waals surface area contributed by atoms with Crippen LogP contribution < -0.4 is 5.32 Å². The van der Waals surface area contributed by atoms with Crippen molar-refractivity contribution in [2.24, 2.45) is 0 Å². The summed E-state index contributed by atoms with van der Waals surface area (Å²) in [6.07, 6.45) is -0.551. The Kier molecular flexibility index (Phi) is 7.87. The van der Waals surface area contributed by atoms with Gasteiger partial charge in [0.05, 0.1) is 5.88 Å². The van der Waals surface area contributed by atoms with Gasteiger partial charge in [0.1, 0.15) is 23.0 Å². The maximum absolute atomic E-state index is 12.1. The van der Waals surface area contributed by atoms with Crippen LogP contribution in [0.25, 0.3) is 0 Å². The van der Waals surface area contributed by atoms with E-state index >= 15 is 0 Å². The molecule has 0 rings (SSSR count). The van der Waals surface area contributed by atoms with E-state index in [1.807, 2.05) is 0 Å². The molecule has 0 saturated carbocycles. The van der Waals surface area contributed by atoms with Gasteiger partial charge in [-0.05, 0) is 48.0 Å². The number of ketones is 1. The Balaban J connectivity index is 4.81. The van der Waals surface area contributed by atoms with Gasteiger partial charge in [-0.25, -0.2) is 9.59 Å². The second-order valence-electron chi connectivity index (χ2n) is 6.94. The molecule has 0 aromatic rings. The summed E-state index contributed by atoms with van der Waals surface area (Å²) in [5.41, 5.74) is -1.38. The number of alkyl carbamates (subject to hydrolysis) is 1. The van der Waals surface area contributed by atoms with Crippen LogP contribution in [0.4, 0.5) is 4.79 Å². The summed E-state index contributed by atoms with van der Waals surface area (Å²) in [4.78, 5) is 35.2. The highest BCUT2D eigenvalue weighted by Gasteiger charge is 2.28. The number of hydrogen-bond acceptors (Lipinski definition) is 5. The highest BCUT2D eigenvalue weighted by molar-refractivity contribution is 6.27. The van der Waals surface area contributed by atoms with E-state index in [1.165, 1.54) is 0 Å². The molecule has 0 fully saturated rings.